The molecule has 0 saturated carbocycles. The van der Waals surface area contributed by atoms with Crippen molar-refractivity contribution in [3.8, 4) is 0 Å². The second-order valence-electron chi connectivity index (χ2n) is 5.92. The minimum atomic E-state index is -0.0856. The molecule has 1 aliphatic heterocycles. The zero-order chi connectivity index (χ0) is 15.1. The van der Waals surface area contributed by atoms with Gasteiger partial charge in [-0.05, 0) is 44.5 Å². The molecule has 21 heavy (non-hydrogen) atoms. The third kappa shape index (κ3) is 4.72. The third-order valence-electron chi connectivity index (χ3n) is 4.18. The summed E-state index contributed by atoms with van der Waals surface area (Å²) >= 11 is 0. The standard InChI is InChI=1S/C16H26N4O/c1-20-9-5-6-13(12-20)10-18-11-15(16(17)19-21)14-7-3-2-4-8-14/h2-4,7-8,13,15,18,21H,5-6,9-12H2,1H3,(H2,17,19). The van der Waals surface area contributed by atoms with Crippen LogP contribution in [-0.2, 0) is 0 Å². The predicted octanol–water partition coefficient (Wildman–Crippen LogP) is 1.45. The van der Waals surface area contributed by atoms with Gasteiger partial charge in [-0.1, -0.05) is 35.5 Å². The lowest BCUT2D eigenvalue weighted by Crippen LogP contribution is -2.39. The number of nitrogens with two attached hydrogens (primary N) is 1. The molecule has 0 spiro atoms. The molecule has 0 aromatic heterocycles. The molecular formula is C16H26N4O. The molecule has 0 bridgehead atoms. The van der Waals surface area contributed by atoms with Gasteiger partial charge < -0.3 is 21.2 Å². The van der Waals surface area contributed by atoms with Crippen molar-refractivity contribution in [3.05, 3.63) is 35.9 Å². The van der Waals surface area contributed by atoms with Crippen molar-refractivity contribution in [1.82, 2.24) is 10.2 Å². The van der Waals surface area contributed by atoms with Gasteiger partial charge in [0.05, 0.1) is 5.92 Å². The molecule has 1 aromatic rings. The van der Waals surface area contributed by atoms with Gasteiger partial charge in [0.25, 0.3) is 0 Å². The number of oxime groups is 1. The Labute approximate surface area is 126 Å². The van der Waals surface area contributed by atoms with Gasteiger partial charge in [0.15, 0.2) is 0 Å². The van der Waals surface area contributed by atoms with E-state index in [1.54, 1.807) is 0 Å². The number of nitrogens with one attached hydrogen (secondary N) is 1. The summed E-state index contributed by atoms with van der Waals surface area (Å²) in [4.78, 5) is 2.38. The quantitative estimate of drug-likeness (QED) is 0.321. The molecule has 116 valence electrons. The van der Waals surface area contributed by atoms with Crippen molar-refractivity contribution in [2.75, 3.05) is 33.2 Å². The van der Waals surface area contributed by atoms with Gasteiger partial charge in [-0.2, -0.15) is 0 Å². The third-order valence-corrected chi connectivity index (χ3v) is 4.18. The van der Waals surface area contributed by atoms with Gasteiger partial charge in [-0.25, -0.2) is 0 Å². The van der Waals surface area contributed by atoms with Crippen LogP contribution in [0.4, 0.5) is 0 Å². The summed E-state index contributed by atoms with van der Waals surface area (Å²) in [5.41, 5.74) is 6.91. The first-order valence-corrected chi connectivity index (χ1v) is 7.62. The molecule has 0 aliphatic carbocycles. The van der Waals surface area contributed by atoms with E-state index in [0.29, 0.717) is 12.5 Å². The Morgan fingerprint density at radius 2 is 2.24 bits per heavy atom. The van der Waals surface area contributed by atoms with E-state index in [9.17, 15) is 0 Å². The lowest BCUT2D eigenvalue weighted by Gasteiger charge is -2.30. The average Bonchev–Trinajstić information content (AvgIpc) is 2.52. The fourth-order valence-corrected chi connectivity index (χ4v) is 3.02. The highest BCUT2D eigenvalue weighted by atomic mass is 16.4. The highest BCUT2D eigenvalue weighted by Crippen LogP contribution is 2.17. The highest BCUT2D eigenvalue weighted by molar-refractivity contribution is 5.87. The monoisotopic (exact) mass is 290 g/mol. The fourth-order valence-electron chi connectivity index (χ4n) is 3.02. The lowest BCUT2D eigenvalue weighted by molar-refractivity contribution is 0.206. The minimum Gasteiger partial charge on any atom is -0.409 e. The molecule has 0 radical (unpaired) electrons. The summed E-state index contributed by atoms with van der Waals surface area (Å²) in [6, 6.07) is 9.95. The molecule has 5 heteroatoms. The predicted molar refractivity (Wildman–Crippen MR) is 85.7 cm³/mol. The number of rotatable bonds is 6. The topological polar surface area (TPSA) is 73.9 Å². The van der Waals surface area contributed by atoms with Crippen LogP contribution in [0.15, 0.2) is 35.5 Å². The Kier molecular flexibility index (Phi) is 6.02. The van der Waals surface area contributed by atoms with E-state index in [0.717, 1.165) is 18.7 Å². The Balaban J connectivity index is 1.88. The van der Waals surface area contributed by atoms with E-state index in [1.807, 2.05) is 30.3 Å². The SMILES string of the molecule is CN1CCCC(CNCC(C(N)=NO)c2ccccc2)C1. The van der Waals surface area contributed by atoms with E-state index in [2.05, 4.69) is 22.4 Å². The summed E-state index contributed by atoms with van der Waals surface area (Å²) in [5, 5.41) is 15.7. The maximum atomic E-state index is 8.98. The van der Waals surface area contributed by atoms with Crippen LogP contribution >= 0.6 is 0 Å². The molecule has 2 atom stereocenters. The van der Waals surface area contributed by atoms with Crippen LogP contribution in [0.3, 0.4) is 0 Å². The van der Waals surface area contributed by atoms with Crippen LogP contribution in [0, 0.1) is 5.92 Å². The second-order valence-corrected chi connectivity index (χ2v) is 5.92. The molecule has 1 fully saturated rings. The maximum absolute atomic E-state index is 8.98. The Bertz CT molecular complexity index is 449. The van der Waals surface area contributed by atoms with E-state index < -0.39 is 0 Å². The van der Waals surface area contributed by atoms with Gasteiger partial charge >= 0.3 is 0 Å². The summed E-state index contributed by atoms with van der Waals surface area (Å²) < 4.78 is 0. The summed E-state index contributed by atoms with van der Waals surface area (Å²) in [6.07, 6.45) is 2.54. The second kappa shape index (κ2) is 8.00. The van der Waals surface area contributed by atoms with Crippen LogP contribution in [0.25, 0.3) is 0 Å². The average molecular weight is 290 g/mol. The van der Waals surface area contributed by atoms with Crippen LogP contribution < -0.4 is 11.1 Å². The van der Waals surface area contributed by atoms with Gasteiger partial charge in [0.1, 0.15) is 5.84 Å². The molecule has 1 aromatic carbocycles. The molecule has 1 saturated heterocycles. The zero-order valence-electron chi connectivity index (χ0n) is 12.7. The zero-order valence-corrected chi connectivity index (χ0v) is 12.7. The van der Waals surface area contributed by atoms with E-state index in [1.165, 1.54) is 19.4 Å². The van der Waals surface area contributed by atoms with Crippen LogP contribution in [0.5, 0.6) is 0 Å². The van der Waals surface area contributed by atoms with E-state index >= 15 is 0 Å². The largest absolute Gasteiger partial charge is 0.409 e. The van der Waals surface area contributed by atoms with E-state index in [-0.39, 0.29) is 11.8 Å². The number of amidine groups is 1. The molecule has 2 unspecified atom stereocenters. The first kappa shape index (κ1) is 15.8. The summed E-state index contributed by atoms with van der Waals surface area (Å²) in [7, 11) is 2.18. The van der Waals surface area contributed by atoms with Crippen LogP contribution in [-0.4, -0.2) is 49.2 Å². The van der Waals surface area contributed by atoms with Crippen molar-refractivity contribution in [1.29, 1.82) is 0 Å². The molecule has 5 nitrogen and oxygen atoms in total. The highest BCUT2D eigenvalue weighted by Gasteiger charge is 2.19. The van der Waals surface area contributed by atoms with Crippen molar-refractivity contribution in [2.24, 2.45) is 16.8 Å². The number of hydrogen-bond acceptors (Lipinski definition) is 4. The van der Waals surface area contributed by atoms with Crippen molar-refractivity contribution in [2.45, 2.75) is 18.8 Å². The van der Waals surface area contributed by atoms with Crippen molar-refractivity contribution < 1.29 is 5.21 Å². The Hall–Kier alpha value is -1.59. The Morgan fingerprint density at radius 1 is 1.48 bits per heavy atom. The van der Waals surface area contributed by atoms with Crippen molar-refractivity contribution >= 4 is 5.84 Å². The number of benzene rings is 1. The molecular weight excluding hydrogens is 264 g/mol. The molecule has 0 amide bonds. The number of piperidine rings is 1. The van der Waals surface area contributed by atoms with Gasteiger partial charge in [0.2, 0.25) is 0 Å². The van der Waals surface area contributed by atoms with E-state index in [4.69, 9.17) is 10.9 Å². The van der Waals surface area contributed by atoms with Crippen LogP contribution in [0.2, 0.25) is 0 Å². The first-order chi connectivity index (χ1) is 10.2. The summed E-state index contributed by atoms with van der Waals surface area (Å²) in [6.45, 7) is 4.02. The lowest BCUT2D eigenvalue weighted by atomic mass is 9.96. The van der Waals surface area contributed by atoms with Crippen molar-refractivity contribution in [3.63, 3.8) is 0 Å². The number of hydrogen-bond donors (Lipinski definition) is 3. The smallest absolute Gasteiger partial charge is 0.147 e. The minimum absolute atomic E-state index is 0.0856. The number of likely N-dealkylation sites (tertiary alicyclic amines) is 1. The molecule has 1 heterocycles. The first-order valence-electron chi connectivity index (χ1n) is 7.62. The Morgan fingerprint density at radius 3 is 2.90 bits per heavy atom. The fraction of sp³-hybridized carbons (Fsp3) is 0.562. The molecule has 2 rings (SSSR count). The van der Waals surface area contributed by atoms with Crippen LogP contribution in [0.1, 0.15) is 24.3 Å². The molecule has 1 aliphatic rings. The molecule has 4 N–H and O–H groups in total. The summed E-state index contributed by atoms with van der Waals surface area (Å²) in [5.74, 6) is 0.861. The normalized spacial score (nSPS) is 22.1. The van der Waals surface area contributed by atoms with Gasteiger partial charge in [0, 0.05) is 13.1 Å². The number of nitrogens with zero attached hydrogens (tertiary/aromatic N) is 2. The maximum Gasteiger partial charge on any atom is 0.147 e. The van der Waals surface area contributed by atoms with Gasteiger partial charge in [-0.15, -0.1) is 0 Å². The van der Waals surface area contributed by atoms with Gasteiger partial charge in [-0.3, -0.25) is 0 Å².